The molecule has 0 radical (unpaired) electrons. The lowest BCUT2D eigenvalue weighted by atomic mass is 10.0. The van der Waals surface area contributed by atoms with Gasteiger partial charge in [0.2, 0.25) is 5.95 Å². The molecule has 0 unspecified atom stereocenters. The van der Waals surface area contributed by atoms with Crippen LogP contribution in [0.25, 0.3) is 10.8 Å². The Labute approximate surface area is 190 Å². The average molecular weight is 444 g/mol. The number of hydrogen-bond acceptors (Lipinski definition) is 8. The zero-order valence-corrected chi connectivity index (χ0v) is 18.3. The van der Waals surface area contributed by atoms with E-state index in [1.54, 1.807) is 18.6 Å². The lowest BCUT2D eigenvalue weighted by Crippen LogP contribution is -2.31. The van der Waals surface area contributed by atoms with Gasteiger partial charge in [0.25, 0.3) is 0 Å². The van der Waals surface area contributed by atoms with E-state index in [0.29, 0.717) is 24.1 Å². The third-order valence-electron chi connectivity index (χ3n) is 6.04. The lowest BCUT2D eigenvalue weighted by Gasteiger charge is -2.28. The second-order valence-electron chi connectivity index (χ2n) is 8.39. The van der Waals surface area contributed by atoms with Crippen molar-refractivity contribution in [1.29, 1.82) is 0 Å². The first-order valence-electron chi connectivity index (χ1n) is 10.9. The Morgan fingerprint density at radius 2 is 2.00 bits per heavy atom. The standard InChI is InChI=1S/C23H24N8O2/c1-29-8-5-20(6-9-29)30-15-19(13-26-30)27-23-25-14-22(31(32)33)21(28-23)11-16-2-3-17-4-7-24-12-18(17)10-16/h2-4,7,10,12-15,20H,5-6,8-9,11H2,1H3,(H,25,27,28). The molecule has 3 aromatic heterocycles. The number of aromatic nitrogens is 5. The van der Waals surface area contributed by atoms with Crippen LogP contribution in [0.15, 0.2) is 55.2 Å². The van der Waals surface area contributed by atoms with E-state index in [1.165, 1.54) is 6.20 Å². The van der Waals surface area contributed by atoms with Gasteiger partial charge < -0.3 is 10.2 Å². The van der Waals surface area contributed by atoms with Crippen LogP contribution in [0.4, 0.5) is 17.3 Å². The quantitative estimate of drug-likeness (QED) is 0.353. The second kappa shape index (κ2) is 8.91. The fourth-order valence-corrected chi connectivity index (χ4v) is 4.18. The molecule has 5 rings (SSSR count). The summed E-state index contributed by atoms with van der Waals surface area (Å²) in [6.07, 6.45) is 10.9. The number of nitro groups is 1. The zero-order valence-electron chi connectivity index (χ0n) is 18.3. The topological polar surface area (TPSA) is 115 Å². The lowest BCUT2D eigenvalue weighted by molar-refractivity contribution is -0.386. The van der Waals surface area contributed by atoms with Gasteiger partial charge in [-0.15, -0.1) is 0 Å². The predicted octanol–water partition coefficient (Wildman–Crippen LogP) is 3.73. The number of hydrogen-bond donors (Lipinski definition) is 1. The fraction of sp³-hybridized carbons (Fsp3) is 0.304. The van der Waals surface area contributed by atoms with E-state index in [9.17, 15) is 10.1 Å². The average Bonchev–Trinajstić information content (AvgIpc) is 3.28. The number of rotatable bonds is 6. The number of fused-ring (bicyclic) bond motifs is 1. The highest BCUT2D eigenvalue weighted by molar-refractivity contribution is 5.82. The van der Waals surface area contributed by atoms with Crippen molar-refractivity contribution in [3.05, 3.63) is 76.6 Å². The highest BCUT2D eigenvalue weighted by Crippen LogP contribution is 2.25. The van der Waals surface area contributed by atoms with E-state index in [0.717, 1.165) is 48.0 Å². The monoisotopic (exact) mass is 444 g/mol. The third-order valence-corrected chi connectivity index (χ3v) is 6.04. The Bertz CT molecular complexity index is 1300. The number of anilines is 2. The fourth-order valence-electron chi connectivity index (χ4n) is 4.18. The van der Waals surface area contributed by atoms with Crippen molar-refractivity contribution >= 4 is 28.1 Å². The van der Waals surface area contributed by atoms with Gasteiger partial charge in [-0.05, 0) is 56.1 Å². The zero-order chi connectivity index (χ0) is 22.8. The summed E-state index contributed by atoms with van der Waals surface area (Å²) in [6, 6.07) is 8.21. The van der Waals surface area contributed by atoms with Crippen LogP contribution in [0, 0.1) is 10.1 Å². The maximum atomic E-state index is 11.6. The molecular weight excluding hydrogens is 420 g/mol. The van der Waals surface area contributed by atoms with Gasteiger partial charge in [-0.1, -0.05) is 12.1 Å². The van der Waals surface area contributed by atoms with Crippen LogP contribution in [0.2, 0.25) is 0 Å². The van der Waals surface area contributed by atoms with Crippen molar-refractivity contribution < 1.29 is 4.92 Å². The maximum absolute atomic E-state index is 11.6. The van der Waals surface area contributed by atoms with Crippen molar-refractivity contribution in [2.45, 2.75) is 25.3 Å². The molecule has 10 nitrogen and oxygen atoms in total. The predicted molar refractivity (Wildman–Crippen MR) is 125 cm³/mol. The van der Waals surface area contributed by atoms with Gasteiger partial charge in [0.15, 0.2) is 0 Å². The summed E-state index contributed by atoms with van der Waals surface area (Å²) in [7, 11) is 2.13. The Kier molecular flexibility index (Phi) is 5.66. The van der Waals surface area contributed by atoms with E-state index >= 15 is 0 Å². The minimum Gasteiger partial charge on any atom is -0.321 e. The van der Waals surface area contributed by atoms with Gasteiger partial charge >= 0.3 is 5.69 Å². The molecule has 1 aliphatic heterocycles. The molecule has 0 aliphatic carbocycles. The number of benzene rings is 1. The Hall–Kier alpha value is -3.92. The van der Waals surface area contributed by atoms with E-state index in [2.05, 4.69) is 37.3 Å². The molecule has 4 aromatic rings. The van der Waals surface area contributed by atoms with Crippen LogP contribution in [0.3, 0.4) is 0 Å². The molecule has 168 valence electrons. The van der Waals surface area contributed by atoms with Gasteiger partial charge in [0, 0.05) is 30.4 Å². The molecule has 1 N–H and O–H groups in total. The molecule has 1 saturated heterocycles. The molecule has 4 heterocycles. The largest absolute Gasteiger partial charge is 0.321 e. The van der Waals surface area contributed by atoms with E-state index in [1.807, 2.05) is 35.1 Å². The van der Waals surface area contributed by atoms with E-state index in [4.69, 9.17) is 0 Å². The molecule has 33 heavy (non-hydrogen) atoms. The van der Waals surface area contributed by atoms with Gasteiger partial charge in [-0.25, -0.2) is 9.97 Å². The van der Waals surface area contributed by atoms with Crippen LogP contribution in [-0.2, 0) is 6.42 Å². The van der Waals surface area contributed by atoms with Crippen LogP contribution in [0.5, 0.6) is 0 Å². The Morgan fingerprint density at radius 1 is 1.15 bits per heavy atom. The molecule has 0 amide bonds. The maximum Gasteiger partial charge on any atom is 0.309 e. The number of pyridine rings is 1. The highest BCUT2D eigenvalue weighted by atomic mass is 16.6. The third kappa shape index (κ3) is 4.65. The summed E-state index contributed by atoms with van der Waals surface area (Å²) in [5, 5.41) is 21.3. The van der Waals surface area contributed by atoms with E-state index in [-0.39, 0.29) is 5.69 Å². The van der Waals surface area contributed by atoms with Crippen molar-refractivity contribution in [3.63, 3.8) is 0 Å². The summed E-state index contributed by atoms with van der Waals surface area (Å²) in [4.78, 5) is 26.2. The normalized spacial score (nSPS) is 15.1. The summed E-state index contributed by atoms with van der Waals surface area (Å²) < 4.78 is 1.98. The molecular formula is C23H24N8O2. The van der Waals surface area contributed by atoms with Gasteiger partial charge in [-0.2, -0.15) is 5.10 Å². The van der Waals surface area contributed by atoms with E-state index < -0.39 is 4.92 Å². The first-order valence-corrected chi connectivity index (χ1v) is 10.9. The summed E-state index contributed by atoms with van der Waals surface area (Å²) in [5.74, 6) is 0.306. The number of nitrogens with zero attached hydrogens (tertiary/aromatic N) is 7. The number of nitrogens with one attached hydrogen (secondary N) is 1. The van der Waals surface area contributed by atoms with Crippen molar-refractivity contribution in [3.8, 4) is 0 Å². The van der Waals surface area contributed by atoms with Crippen LogP contribution in [-0.4, -0.2) is 54.7 Å². The van der Waals surface area contributed by atoms with Gasteiger partial charge in [-0.3, -0.25) is 19.8 Å². The van der Waals surface area contributed by atoms with Crippen LogP contribution >= 0.6 is 0 Å². The van der Waals surface area contributed by atoms with Crippen molar-refractivity contribution in [2.75, 3.05) is 25.5 Å². The molecule has 0 atom stereocenters. The first-order chi connectivity index (χ1) is 16.0. The molecule has 0 bridgehead atoms. The first kappa shape index (κ1) is 21.0. The Balaban J connectivity index is 1.37. The number of piperidine rings is 1. The minimum absolute atomic E-state index is 0.103. The molecule has 10 heteroatoms. The summed E-state index contributed by atoms with van der Waals surface area (Å²) in [6.45, 7) is 2.10. The van der Waals surface area contributed by atoms with Crippen molar-refractivity contribution in [1.82, 2.24) is 29.6 Å². The molecule has 0 saturated carbocycles. The summed E-state index contributed by atoms with van der Waals surface area (Å²) in [5.41, 5.74) is 1.92. The van der Waals surface area contributed by atoms with Gasteiger partial charge in [0.05, 0.1) is 22.8 Å². The minimum atomic E-state index is -0.445. The van der Waals surface area contributed by atoms with Crippen molar-refractivity contribution in [2.24, 2.45) is 0 Å². The molecule has 1 aliphatic rings. The van der Waals surface area contributed by atoms with Crippen LogP contribution in [0.1, 0.15) is 30.1 Å². The highest BCUT2D eigenvalue weighted by Gasteiger charge is 2.20. The smallest absolute Gasteiger partial charge is 0.309 e. The molecule has 0 spiro atoms. The van der Waals surface area contributed by atoms with Crippen LogP contribution < -0.4 is 5.32 Å². The molecule has 1 aromatic carbocycles. The van der Waals surface area contributed by atoms with Gasteiger partial charge in [0.1, 0.15) is 11.9 Å². The Morgan fingerprint density at radius 3 is 2.82 bits per heavy atom. The number of likely N-dealkylation sites (tertiary alicyclic amines) is 1. The SMILES string of the molecule is CN1CCC(n2cc(Nc3ncc([N+](=O)[O-])c(Cc4ccc5ccncc5c4)n3)cn2)CC1. The summed E-state index contributed by atoms with van der Waals surface area (Å²) >= 11 is 0. The molecule has 1 fully saturated rings. The second-order valence-corrected chi connectivity index (χ2v) is 8.39.